The minimum atomic E-state index is -0.252. The standard InChI is InChI=1S/C23H26ClN5O3S/c1-13-5-6-15(19(30)26-22-28-27-21(33-22)23(2,3)4)18(25-13)14-9-11-29(12-10-14)20(31)16-7-8-17(24)32-16/h5-8,14H,9-12H2,1-4H3,(H,26,28,30). The van der Waals surface area contributed by atoms with E-state index in [1.165, 1.54) is 11.3 Å². The number of hydrogen-bond donors (Lipinski definition) is 1. The summed E-state index contributed by atoms with van der Waals surface area (Å²) in [5, 5.41) is 12.7. The molecule has 10 heteroatoms. The van der Waals surface area contributed by atoms with Gasteiger partial charge in [0.05, 0.1) is 11.3 Å². The zero-order valence-electron chi connectivity index (χ0n) is 19.0. The molecule has 0 atom stereocenters. The van der Waals surface area contributed by atoms with Crippen molar-refractivity contribution in [3.63, 3.8) is 0 Å². The van der Waals surface area contributed by atoms with Gasteiger partial charge in [-0.2, -0.15) is 0 Å². The van der Waals surface area contributed by atoms with Gasteiger partial charge in [0.15, 0.2) is 11.0 Å². The van der Waals surface area contributed by atoms with Crippen LogP contribution in [-0.4, -0.2) is 45.0 Å². The third-order valence-electron chi connectivity index (χ3n) is 5.55. The van der Waals surface area contributed by atoms with Crippen LogP contribution in [0.2, 0.25) is 5.22 Å². The molecule has 3 aromatic rings. The molecule has 4 rings (SSSR count). The fraction of sp³-hybridized carbons (Fsp3) is 0.435. The van der Waals surface area contributed by atoms with E-state index in [1.54, 1.807) is 23.1 Å². The van der Waals surface area contributed by atoms with E-state index in [-0.39, 0.29) is 34.1 Å². The van der Waals surface area contributed by atoms with Crippen LogP contribution in [0.5, 0.6) is 0 Å². The molecular weight excluding hydrogens is 462 g/mol. The molecule has 1 fully saturated rings. The van der Waals surface area contributed by atoms with Crippen LogP contribution < -0.4 is 5.32 Å². The van der Waals surface area contributed by atoms with Crippen LogP contribution in [0.1, 0.15) is 76.8 Å². The summed E-state index contributed by atoms with van der Waals surface area (Å²) < 4.78 is 5.25. The number of rotatable bonds is 4. The van der Waals surface area contributed by atoms with Crippen LogP contribution in [0.3, 0.4) is 0 Å². The second kappa shape index (κ2) is 9.23. The number of likely N-dealkylation sites (tertiary alicyclic amines) is 1. The highest BCUT2D eigenvalue weighted by Gasteiger charge is 2.30. The molecule has 8 nitrogen and oxygen atoms in total. The number of amides is 2. The molecule has 0 aromatic carbocycles. The van der Waals surface area contributed by atoms with Gasteiger partial charge in [-0.1, -0.05) is 32.1 Å². The Morgan fingerprint density at radius 3 is 2.48 bits per heavy atom. The van der Waals surface area contributed by atoms with Gasteiger partial charge in [-0.3, -0.25) is 19.9 Å². The van der Waals surface area contributed by atoms with Crippen LogP contribution >= 0.6 is 22.9 Å². The average Bonchev–Trinajstić information content (AvgIpc) is 3.42. The monoisotopic (exact) mass is 487 g/mol. The van der Waals surface area contributed by atoms with Crippen molar-refractivity contribution in [1.82, 2.24) is 20.1 Å². The molecule has 0 bridgehead atoms. The Labute approximate surface area is 201 Å². The fourth-order valence-corrected chi connectivity index (χ4v) is 4.70. The van der Waals surface area contributed by atoms with Crippen LogP contribution in [0, 0.1) is 6.92 Å². The maximum Gasteiger partial charge on any atom is 0.289 e. The van der Waals surface area contributed by atoms with Crippen molar-refractivity contribution in [2.45, 2.75) is 51.9 Å². The number of furan rings is 1. The summed E-state index contributed by atoms with van der Waals surface area (Å²) in [7, 11) is 0. The van der Waals surface area contributed by atoms with Crippen molar-refractivity contribution >= 4 is 39.9 Å². The molecular formula is C23H26ClN5O3S. The predicted molar refractivity (Wildman–Crippen MR) is 127 cm³/mol. The summed E-state index contributed by atoms with van der Waals surface area (Å²) in [6, 6.07) is 6.78. The number of carbonyl (C=O) groups is 2. The number of aryl methyl sites for hydroxylation is 1. The summed E-state index contributed by atoms with van der Waals surface area (Å²) in [6.45, 7) is 9.16. The number of nitrogens with zero attached hydrogens (tertiary/aromatic N) is 4. The summed E-state index contributed by atoms with van der Waals surface area (Å²) in [5.41, 5.74) is 1.98. The summed E-state index contributed by atoms with van der Waals surface area (Å²) >= 11 is 7.17. The Kier molecular flexibility index (Phi) is 6.54. The third kappa shape index (κ3) is 5.25. The van der Waals surface area contributed by atoms with E-state index in [2.05, 4.69) is 36.3 Å². The van der Waals surface area contributed by atoms with E-state index in [0.29, 0.717) is 36.6 Å². The molecule has 0 unspecified atom stereocenters. The van der Waals surface area contributed by atoms with Crippen LogP contribution in [-0.2, 0) is 5.41 Å². The molecule has 1 aliphatic rings. The van der Waals surface area contributed by atoms with Crippen molar-refractivity contribution in [3.05, 3.63) is 57.2 Å². The second-order valence-corrected chi connectivity index (χ2v) is 10.5. The van der Waals surface area contributed by atoms with Crippen LogP contribution in [0.4, 0.5) is 5.13 Å². The molecule has 1 N–H and O–H groups in total. The van der Waals surface area contributed by atoms with Gasteiger partial charge < -0.3 is 9.32 Å². The normalized spacial score (nSPS) is 15.0. The first-order chi connectivity index (χ1) is 15.6. The third-order valence-corrected chi connectivity index (χ3v) is 7.02. The van der Waals surface area contributed by atoms with Gasteiger partial charge in [-0.25, -0.2) is 0 Å². The van der Waals surface area contributed by atoms with Gasteiger partial charge in [0.25, 0.3) is 11.8 Å². The number of pyridine rings is 1. The van der Waals surface area contributed by atoms with Gasteiger partial charge in [-0.15, -0.1) is 10.2 Å². The van der Waals surface area contributed by atoms with Crippen LogP contribution in [0.25, 0.3) is 0 Å². The first-order valence-electron chi connectivity index (χ1n) is 10.8. The number of nitrogens with one attached hydrogen (secondary N) is 1. The van der Waals surface area contributed by atoms with E-state index in [1.807, 2.05) is 13.0 Å². The van der Waals surface area contributed by atoms with Gasteiger partial charge in [0.1, 0.15) is 5.01 Å². The average molecular weight is 488 g/mol. The Balaban J connectivity index is 1.48. The van der Waals surface area contributed by atoms with E-state index in [9.17, 15) is 9.59 Å². The predicted octanol–water partition coefficient (Wildman–Crippen LogP) is 5.06. The molecule has 33 heavy (non-hydrogen) atoms. The molecule has 174 valence electrons. The van der Waals surface area contributed by atoms with Crippen molar-refractivity contribution < 1.29 is 14.0 Å². The molecule has 0 spiro atoms. The van der Waals surface area contributed by atoms with Crippen molar-refractivity contribution in [3.8, 4) is 0 Å². The SMILES string of the molecule is Cc1ccc(C(=O)Nc2nnc(C(C)(C)C)s2)c(C2CCN(C(=O)c3ccc(Cl)o3)CC2)n1. The number of hydrogen-bond acceptors (Lipinski definition) is 7. The van der Waals surface area contributed by atoms with E-state index >= 15 is 0 Å². The van der Waals surface area contributed by atoms with E-state index in [4.69, 9.17) is 21.0 Å². The quantitative estimate of drug-likeness (QED) is 0.552. The number of carbonyl (C=O) groups excluding carboxylic acids is 2. The molecule has 0 radical (unpaired) electrons. The zero-order chi connectivity index (χ0) is 23.8. The van der Waals surface area contributed by atoms with E-state index in [0.717, 1.165) is 16.4 Å². The fourth-order valence-electron chi connectivity index (χ4n) is 3.76. The lowest BCUT2D eigenvalue weighted by molar-refractivity contribution is 0.0679. The lowest BCUT2D eigenvalue weighted by atomic mass is 9.89. The first kappa shape index (κ1) is 23.4. The summed E-state index contributed by atoms with van der Waals surface area (Å²) in [5.74, 6) is -0.132. The van der Waals surface area contributed by atoms with Gasteiger partial charge in [0.2, 0.25) is 5.13 Å². The number of anilines is 1. The molecule has 2 amide bonds. The Hall–Kier alpha value is -2.78. The smallest absolute Gasteiger partial charge is 0.289 e. The van der Waals surface area contributed by atoms with Gasteiger partial charge in [0, 0.05) is 30.1 Å². The Morgan fingerprint density at radius 1 is 1.15 bits per heavy atom. The Bertz CT molecular complexity index is 1170. The first-order valence-corrected chi connectivity index (χ1v) is 12.0. The lowest BCUT2D eigenvalue weighted by Gasteiger charge is -2.32. The van der Waals surface area contributed by atoms with Crippen molar-refractivity contribution in [1.29, 1.82) is 0 Å². The topological polar surface area (TPSA) is 101 Å². The Morgan fingerprint density at radius 2 is 1.88 bits per heavy atom. The number of piperidine rings is 1. The highest BCUT2D eigenvalue weighted by atomic mass is 35.5. The van der Waals surface area contributed by atoms with Crippen molar-refractivity contribution in [2.75, 3.05) is 18.4 Å². The van der Waals surface area contributed by atoms with Crippen LogP contribution in [0.15, 0.2) is 28.7 Å². The number of halogens is 1. The minimum absolute atomic E-state index is 0.0643. The lowest BCUT2D eigenvalue weighted by Crippen LogP contribution is -2.38. The van der Waals surface area contributed by atoms with Crippen molar-refractivity contribution in [2.24, 2.45) is 0 Å². The summed E-state index contributed by atoms with van der Waals surface area (Å²) in [6.07, 6.45) is 1.40. The summed E-state index contributed by atoms with van der Waals surface area (Å²) in [4.78, 5) is 32.2. The highest BCUT2D eigenvalue weighted by molar-refractivity contribution is 7.15. The largest absolute Gasteiger partial charge is 0.440 e. The highest BCUT2D eigenvalue weighted by Crippen LogP contribution is 2.32. The molecule has 3 aromatic heterocycles. The molecule has 1 aliphatic heterocycles. The molecule has 0 aliphatic carbocycles. The molecule has 0 saturated carbocycles. The van der Waals surface area contributed by atoms with E-state index < -0.39 is 0 Å². The van der Waals surface area contributed by atoms with Gasteiger partial charge in [-0.05, 0) is 55.6 Å². The molecule has 4 heterocycles. The maximum atomic E-state index is 13.1. The van der Waals surface area contributed by atoms with Gasteiger partial charge >= 0.3 is 0 Å². The number of aromatic nitrogens is 3. The second-order valence-electron chi connectivity index (χ2n) is 9.17. The maximum absolute atomic E-state index is 13.1. The minimum Gasteiger partial charge on any atom is -0.440 e. The zero-order valence-corrected chi connectivity index (χ0v) is 20.6. The molecule has 1 saturated heterocycles.